The lowest BCUT2D eigenvalue weighted by molar-refractivity contribution is -0.114. The molecule has 0 amide bonds. The lowest BCUT2D eigenvalue weighted by atomic mass is 9.44. The highest BCUT2D eigenvalue weighted by Crippen LogP contribution is 2.68. The van der Waals surface area contributed by atoms with Crippen LogP contribution in [-0.2, 0) is 0 Å². The predicted octanol–water partition coefficient (Wildman–Crippen LogP) is 9.13. The molecule has 4 rings (SSSR count). The summed E-state index contributed by atoms with van der Waals surface area (Å²) in [5.41, 5.74) is 1.37. The fourth-order valence-corrected chi connectivity index (χ4v) is 9.96. The van der Waals surface area contributed by atoms with Gasteiger partial charge in [-0.05, 0) is 116 Å². The van der Waals surface area contributed by atoms with Crippen molar-refractivity contribution >= 4 is 0 Å². The molecule has 0 aromatic heterocycles. The number of fused-ring (bicyclic) bond motifs is 5. The topological polar surface area (TPSA) is 0 Å². The molecule has 0 radical (unpaired) electrons. The minimum Gasteiger partial charge on any atom is -0.0651 e. The fraction of sp³-hybridized carbons (Fsp3) is 1.00. The third kappa shape index (κ3) is 3.75. The van der Waals surface area contributed by atoms with Crippen LogP contribution in [0.3, 0.4) is 0 Å². The molecule has 4 aliphatic carbocycles. The van der Waals surface area contributed by atoms with E-state index in [0.717, 1.165) is 47.3 Å². The Bertz CT molecular complexity index is 548. The maximum absolute atomic E-state index is 2.76. The molecule has 4 fully saturated rings. The van der Waals surface area contributed by atoms with E-state index in [0.29, 0.717) is 10.8 Å². The normalized spacial score (nSPS) is 46.7. The van der Waals surface area contributed by atoms with Crippen molar-refractivity contribution in [2.75, 3.05) is 0 Å². The smallest absolute Gasteiger partial charge is 0.0264 e. The summed E-state index contributed by atoms with van der Waals surface area (Å²) in [7, 11) is 0. The van der Waals surface area contributed by atoms with E-state index in [4.69, 9.17) is 0 Å². The molecular formula is C29H52. The lowest BCUT2D eigenvalue weighted by Crippen LogP contribution is -2.53. The van der Waals surface area contributed by atoms with Gasteiger partial charge in [-0.25, -0.2) is 0 Å². The molecule has 0 N–H and O–H groups in total. The average molecular weight is 401 g/mol. The summed E-state index contributed by atoms with van der Waals surface area (Å²) in [5, 5.41) is 0. The van der Waals surface area contributed by atoms with Crippen molar-refractivity contribution in [2.24, 2.45) is 58.2 Å². The highest BCUT2D eigenvalue weighted by molar-refractivity contribution is 5.09. The van der Waals surface area contributed by atoms with Gasteiger partial charge >= 0.3 is 0 Å². The van der Waals surface area contributed by atoms with Crippen molar-refractivity contribution in [1.82, 2.24) is 0 Å². The Morgan fingerprint density at radius 1 is 0.759 bits per heavy atom. The predicted molar refractivity (Wildman–Crippen MR) is 127 cm³/mol. The van der Waals surface area contributed by atoms with E-state index < -0.39 is 0 Å². The van der Waals surface area contributed by atoms with Crippen LogP contribution in [0.1, 0.15) is 125 Å². The molecule has 168 valence electrons. The van der Waals surface area contributed by atoms with Gasteiger partial charge in [0, 0.05) is 0 Å². The van der Waals surface area contributed by atoms with Crippen molar-refractivity contribution in [2.45, 2.75) is 125 Å². The van der Waals surface area contributed by atoms with Gasteiger partial charge in [-0.3, -0.25) is 0 Å². The minimum atomic E-state index is 0.665. The van der Waals surface area contributed by atoms with Gasteiger partial charge in [-0.2, -0.15) is 0 Å². The third-order valence-electron chi connectivity index (χ3n) is 11.8. The second kappa shape index (κ2) is 8.50. The van der Waals surface area contributed by atoms with E-state index in [1.165, 1.54) is 32.1 Å². The summed E-state index contributed by atoms with van der Waals surface area (Å²) in [5.74, 6) is 8.02. The van der Waals surface area contributed by atoms with E-state index in [-0.39, 0.29) is 0 Å². The number of hydrogen-bond donors (Lipinski definition) is 0. The lowest BCUT2D eigenvalue weighted by Gasteiger charge is -2.61. The molecule has 0 aromatic carbocycles. The molecule has 6 unspecified atom stereocenters. The van der Waals surface area contributed by atoms with E-state index in [1.807, 2.05) is 0 Å². The zero-order chi connectivity index (χ0) is 20.8. The Hall–Kier alpha value is 0. The molecule has 0 saturated heterocycles. The summed E-state index contributed by atoms with van der Waals surface area (Å²) >= 11 is 0. The zero-order valence-electron chi connectivity index (χ0n) is 20.8. The Balaban J connectivity index is 1.45. The molecule has 4 saturated carbocycles. The van der Waals surface area contributed by atoms with E-state index in [9.17, 15) is 0 Å². The standard InChI is InChI=1S/C29H52/c1-7-22(20(2)3)12-11-21(4)25-15-16-26-24-14-13-23-10-8-9-18-28(23,5)27(24)17-19-29(25,26)6/h20-27H,7-19H2,1-6H3/t21-,22?,23?,24?,25?,26?,27?,28-,29+/m1/s1. The first-order chi connectivity index (χ1) is 13.8. The molecule has 0 bridgehead atoms. The molecule has 4 aliphatic rings. The van der Waals surface area contributed by atoms with Gasteiger partial charge in [0.25, 0.3) is 0 Å². The highest BCUT2D eigenvalue weighted by Gasteiger charge is 2.60. The molecule has 0 heteroatoms. The molecule has 0 heterocycles. The van der Waals surface area contributed by atoms with Gasteiger partial charge in [0.2, 0.25) is 0 Å². The van der Waals surface area contributed by atoms with Gasteiger partial charge in [0.1, 0.15) is 0 Å². The summed E-state index contributed by atoms with van der Waals surface area (Å²) in [4.78, 5) is 0. The van der Waals surface area contributed by atoms with Crippen LogP contribution in [-0.4, -0.2) is 0 Å². The fourth-order valence-electron chi connectivity index (χ4n) is 9.96. The zero-order valence-corrected chi connectivity index (χ0v) is 20.8. The monoisotopic (exact) mass is 400 g/mol. The van der Waals surface area contributed by atoms with E-state index >= 15 is 0 Å². The highest BCUT2D eigenvalue weighted by atomic mass is 14.6. The summed E-state index contributed by atoms with van der Waals surface area (Å²) < 4.78 is 0. The van der Waals surface area contributed by atoms with Crippen molar-refractivity contribution in [3.63, 3.8) is 0 Å². The first-order valence-corrected chi connectivity index (χ1v) is 13.8. The Morgan fingerprint density at radius 3 is 2.24 bits per heavy atom. The maximum atomic E-state index is 2.76. The van der Waals surface area contributed by atoms with E-state index in [2.05, 4.69) is 41.5 Å². The first-order valence-electron chi connectivity index (χ1n) is 13.8. The van der Waals surface area contributed by atoms with Crippen molar-refractivity contribution in [3.8, 4) is 0 Å². The summed E-state index contributed by atoms with van der Waals surface area (Å²) in [6.07, 6.45) is 19.8. The van der Waals surface area contributed by atoms with Crippen molar-refractivity contribution < 1.29 is 0 Å². The van der Waals surface area contributed by atoms with Crippen LogP contribution in [0.5, 0.6) is 0 Å². The quantitative estimate of drug-likeness (QED) is 0.417. The molecule has 0 nitrogen and oxygen atoms in total. The molecule has 0 spiro atoms. The minimum absolute atomic E-state index is 0.665. The van der Waals surface area contributed by atoms with Gasteiger partial charge in [0.05, 0.1) is 0 Å². The Morgan fingerprint density at radius 2 is 1.52 bits per heavy atom. The number of hydrogen-bond acceptors (Lipinski definition) is 0. The molecule has 29 heavy (non-hydrogen) atoms. The van der Waals surface area contributed by atoms with Gasteiger partial charge in [-0.1, -0.05) is 67.2 Å². The summed E-state index contributed by atoms with van der Waals surface area (Å²) in [6.45, 7) is 15.4. The van der Waals surface area contributed by atoms with Crippen LogP contribution in [0.25, 0.3) is 0 Å². The van der Waals surface area contributed by atoms with Gasteiger partial charge in [-0.15, -0.1) is 0 Å². The SMILES string of the molecule is CCC(CC[C@@H](C)C1CCC2C3CCC4CCCC[C@@]4(C)C3CC[C@]21C)C(C)C. The molecule has 9 atom stereocenters. The van der Waals surface area contributed by atoms with Crippen LogP contribution >= 0.6 is 0 Å². The van der Waals surface area contributed by atoms with Crippen LogP contribution in [0, 0.1) is 58.2 Å². The van der Waals surface area contributed by atoms with Crippen LogP contribution in [0.2, 0.25) is 0 Å². The van der Waals surface area contributed by atoms with Crippen LogP contribution in [0.15, 0.2) is 0 Å². The summed E-state index contributed by atoms with van der Waals surface area (Å²) in [6, 6.07) is 0. The van der Waals surface area contributed by atoms with Crippen LogP contribution in [0.4, 0.5) is 0 Å². The first kappa shape index (κ1) is 22.2. The Kier molecular flexibility index (Phi) is 6.51. The maximum Gasteiger partial charge on any atom is -0.0264 e. The van der Waals surface area contributed by atoms with Gasteiger partial charge in [0.15, 0.2) is 0 Å². The van der Waals surface area contributed by atoms with Crippen molar-refractivity contribution in [3.05, 3.63) is 0 Å². The van der Waals surface area contributed by atoms with E-state index in [1.54, 1.807) is 51.4 Å². The molecule has 0 aromatic rings. The number of rotatable bonds is 6. The van der Waals surface area contributed by atoms with Crippen LogP contribution < -0.4 is 0 Å². The largest absolute Gasteiger partial charge is 0.0651 e. The van der Waals surface area contributed by atoms with Crippen molar-refractivity contribution in [1.29, 1.82) is 0 Å². The second-order valence-corrected chi connectivity index (χ2v) is 13.1. The third-order valence-corrected chi connectivity index (χ3v) is 11.8. The second-order valence-electron chi connectivity index (χ2n) is 13.1. The van der Waals surface area contributed by atoms with Gasteiger partial charge < -0.3 is 0 Å². The Labute approximate surface area is 183 Å². The molecular weight excluding hydrogens is 348 g/mol. The average Bonchev–Trinajstić information content (AvgIpc) is 3.05. The molecule has 0 aliphatic heterocycles.